The van der Waals surface area contributed by atoms with Crippen LogP contribution in [0.2, 0.25) is 10.0 Å². The molecule has 0 aliphatic carbocycles. The number of allylic oxidation sites excluding steroid dienone is 1. The van der Waals surface area contributed by atoms with Crippen molar-refractivity contribution in [3.63, 3.8) is 0 Å². The lowest BCUT2D eigenvalue weighted by molar-refractivity contribution is -0.136. The molecule has 51 heavy (non-hydrogen) atoms. The van der Waals surface area contributed by atoms with Gasteiger partial charge in [0, 0.05) is 43.9 Å². The molecule has 268 valence electrons. The Hall–Kier alpha value is -5.17. The maximum Gasteiger partial charge on any atom is 0.337 e. The van der Waals surface area contributed by atoms with E-state index in [9.17, 15) is 14.7 Å². The first-order valence-electron chi connectivity index (χ1n) is 16.1. The van der Waals surface area contributed by atoms with Gasteiger partial charge in [0.2, 0.25) is 0 Å². The normalized spacial score (nSPS) is 14.9. The summed E-state index contributed by atoms with van der Waals surface area (Å²) in [5.41, 5.74) is 8.56. The van der Waals surface area contributed by atoms with E-state index in [1.165, 1.54) is 7.11 Å². The van der Waals surface area contributed by atoms with E-state index in [1.807, 2.05) is 57.2 Å². The third kappa shape index (κ3) is 8.95. The molecule has 4 N–H and O–H groups in total. The van der Waals surface area contributed by atoms with Crippen molar-refractivity contribution in [1.82, 2.24) is 20.6 Å². The second-order valence-electron chi connectivity index (χ2n) is 11.6. The van der Waals surface area contributed by atoms with Crippen LogP contribution in [0.4, 0.5) is 4.79 Å². The fourth-order valence-electron chi connectivity index (χ4n) is 5.62. The molecule has 1 aliphatic rings. The van der Waals surface area contributed by atoms with Crippen molar-refractivity contribution in [3.8, 4) is 22.9 Å². The quantitative estimate of drug-likeness (QED) is 0.0497. The van der Waals surface area contributed by atoms with Crippen LogP contribution < -0.4 is 30.3 Å². The number of aryl methyl sites for hydroxylation is 1. The summed E-state index contributed by atoms with van der Waals surface area (Å²) in [5.74, 6) is 0.865. The molecule has 0 fully saturated rings. The van der Waals surface area contributed by atoms with Gasteiger partial charge in [0.25, 0.3) is 0 Å². The zero-order valence-corrected chi connectivity index (χ0v) is 30.3. The predicted molar refractivity (Wildman–Crippen MR) is 195 cm³/mol. The summed E-state index contributed by atoms with van der Waals surface area (Å²) in [5, 5.41) is 21.3. The number of urea groups is 1. The third-order valence-electron chi connectivity index (χ3n) is 8.07. The molecule has 0 bridgehead atoms. The number of hydrazone groups is 1. The van der Waals surface area contributed by atoms with Crippen LogP contribution in [0.3, 0.4) is 0 Å². The Morgan fingerprint density at radius 2 is 1.78 bits per heavy atom. The highest BCUT2D eigenvalue weighted by Gasteiger charge is 2.32. The van der Waals surface area contributed by atoms with Crippen LogP contribution in [-0.4, -0.2) is 54.4 Å². The number of ether oxygens (including phenoxy) is 4. The number of aliphatic hydroxyl groups is 1. The van der Waals surface area contributed by atoms with Crippen molar-refractivity contribution in [2.45, 2.75) is 46.6 Å². The number of amides is 2. The number of carbonyl (C=O) groups excluding carboxylic acids is 2. The summed E-state index contributed by atoms with van der Waals surface area (Å²) >= 11 is 12.3. The second kappa shape index (κ2) is 16.7. The van der Waals surface area contributed by atoms with E-state index in [4.69, 9.17) is 42.1 Å². The monoisotopic (exact) mass is 735 g/mol. The minimum absolute atomic E-state index is 0.148. The molecule has 2 atom stereocenters. The lowest BCUT2D eigenvalue weighted by Gasteiger charge is -2.28. The van der Waals surface area contributed by atoms with Crippen LogP contribution >= 0.6 is 23.2 Å². The number of aromatic nitrogens is 1. The van der Waals surface area contributed by atoms with Gasteiger partial charge in [0.05, 0.1) is 31.5 Å². The van der Waals surface area contributed by atoms with Crippen molar-refractivity contribution in [2.24, 2.45) is 5.10 Å². The maximum atomic E-state index is 12.5. The first-order valence-corrected chi connectivity index (χ1v) is 16.8. The molecule has 1 aromatic heterocycles. The summed E-state index contributed by atoms with van der Waals surface area (Å²) in [7, 11) is 1.28. The van der Waals surface area contributed by atoms with Crippen LogP contribution in [-0.2, 0) is 16.1 Å². The van der Waals surface area contributed by atoms with Crippen molar-refractivity contribution >= 4 is 41.4 Å². The smallest absolute Gasteiger partial charge is 0.337 e. The number of esters is 1. The summed E-state index contributed by atoms with van der Waals surface area (Å²) in [6.07, 6.45) is 0.492. The first-order chi connectivity index (χ1) is 24.5. The van der Waals surface area contributed by atoms with Crippen molar-refractivity contribution in [1.29, 1.82) is 0 Å². The maximum absolute atomic E-state index is 12.5. The van der Waals surface area contributed by atoms with Gasteiger partial charge in [-0.05, 0) is 87.9 Å². The number of hydrogen-bond acceptors (Lipinski definition) is 9. The molecule has 14 heteroatoms. The summed E-state index contributed by atoms with van der Waals surface area (Å²) in [6.45, 7) is 7.94. The zero-order chi connectivity index (χ0) is 36.7. The Balaban J connectivity index is 1.19. The van der Waals surface area contributed by atoms with E-state index in [0.717, 1.165) is 28.2 Å². The van der Waals surface area contributed by atoms with Crippen molar-refractivity contribution < 1.29 is 33.6 Å². The van der Waals surface area contributed by atoms with E-state index in [0.29, 0.717) is 51.8 Å². The highest BCUT2D eigenvalue weighted by molar-refractivity contribution is 6.35. The van der Waals surface area contributed by atoms with Crippen LogP contribution in [0.15, 0.2) is 83.1 Å². The molecule has 2 heterocycles. The van der Waals surface area contributed by atoms with E-state index in [1.54, 1.807) is 43.5 Å². The van der Waals surface area contributed by atoms with Gasteiger partial charge >= 0.3 is 12.0 Å². The van der Waals surface area contributed by atoms with E-state index >= 15 is 0 Å². The molecule has 0 saturated carbocycles. The number of aliphatic hydroxyl groups excluding tert-OH is 1. The summed E-state index contributed by atoms with van der Waals surface area (Å²) < 4.78 is 24.6. The molecule has 5 rings (SSSR count). The number of halogens is 2. The van der Waals surface area contributed by atoms with E-state index in [2.05, 4.69) is 25.7 Å². The van der Waals surface area contributed by atoms with Gasteiger partial charge in [0.15, 0.2) is 17.7 Å². The lowest BCUT2D eigenvalue weighted by atomic mass is 9.95. The topological polar surface area (TPSA) is 145 Å². The average molecular weight is 737 g/mol. The lowest BCUT2D eigenvalue weighted by Crippen LogP contribution is -2.45. The summed E-state index contributed by atoms with van der Waals surface area (Å²) in [4.78, 5) is 24.7. The minimum Gasteiger partial charge on any atom is -0.490 e. The Kier molecular flexibility index (Phi) is 12.1. The fourth-order valence-corrected chi connectivity index (χ4v) is 6.08. The number of hydrogen-bond donors (Lipinski definition) is 4. The second-order valence-corrected chi connectivity index (χ2v) is 12.4. The van der Waals surface area contributed by atoms with Crippen LogP contribution in [0, 0.1) is 13.8 Å². The highest BCUT2D eigenvalue weighted by Crippen LogP contribution is 2.35. The molecule has 0 radical (unpaired) electrons. The summed E-state index contributed by atoms with van der Waals surface area (Å²) in [6, 6.07) is 18.9. The van der Waals surface area contributed by atoms with Crippen molar-refractivity contribution in [3.05, 3.63) is 116 Å². The standard InChI is InChI=1S/C37H39Cl2N5O7/c1-6-49-32-16-24(35-34(36(46)48-5)22(3)41-37(47)42-35)8-14-31(32)51-20-33(45)43-40-18-26-15-21(2)44(23(26)4)28-10-12-29(13-11-28)50-19-25-7-9-27(38)17-30(25)39/h7-18,33,35,43,45H,6,19-20H2,1-5H3,(H2,41,42,47)/b40-18+/t33-,35-/m1/s1. The average Bonchev–Trinajstić information content (AvgIpc) is 3.38. The van der Waals surface area contributed by atoms with E-state index < -0.39 is 24.3 Å². The Morgan fingerprint density at radius 1 is 1.02 bits per heavy atom. The highest BCUT2D eigenvalue weighted by atomic mass is 35.5. The first kappa shape index (κ1) is 37.1. The Morgan fingerprint density at radius 3 is 2.49 bits per heavy atom. The third-order valence-corrected chi connectivity index (χ3v) is 8.66. The Labute approximate surface area is 305 Å². The molecule has 0 saturated heterocycles. The number of nitrogens with one attached hydrogen (secondary N) is 3. The zero-order valence-electron chi connectivity index (χ0n) is 28.8. The van der Waals surface area contributed by atoms with E-state index in [-0.39, 0.29) is 12.2 Å². The van der Waals surface area contributed by atoms with Gasteiger partial charge < -0.3 is 39.3 Å². The molecule has 0 spiro atoms. The molecule has 2 amide bonds. The molecule has 4 aromatic rings. The predicted octanol–water partition coefficient (Wildman–Crippen LogP) is 6.50. The molecule has 1 aliphatic heterocycles. The molecular weight excluding hydrogens is 697 g/mol. The van der Waals surface area contributed by atoms with Gasteiger partial charge in [-0.15, -0.1) is 0 Å². The minimum atomic E-state index is -1.14. The SMILES string of the molecule is CCOc1cc([C@H]2NC(=O)NC(C)=C2C(=O)OC)ccc1OC[C@@H](O)N/N=C/c1cc(C)n(-c2ccc(OCc3ccc(Cl)cc3Cl)cc2)c1C. The fraction of sp³-hybridized carbons (Fsp3) is 0.270. The van der Waals surface area contributed by atoms with Gasteiger partial charge in [-0.3, -0.25) is 5.43 Å². The Bertz CT molecular complexity index is 1960. The number of carbonyl (C=O) groups is 2. The largest absolute Gasteiger partial charge is 0.490 e. The molecule has 3 aromatic carbocycles. The van der Waals surface area contributed by atoms with Crippen LogP contribution in [0.1, 0.15) is 48.0 Å². The number of rotatable bonds is 14. The van der Waals surface area contributed by atoms with Gasteiger partial charge in [-0.2, -0.15) is 5.10 Å². The van der Waals surface area contributed by atoms with Crippen LogP contribution in [0.25, 0.3) is 5.69 Å². The molecule has 0 unspecified atom stereocenters. The van der Waals surface area contributed by atoms with Gasteiger partial charge in [0.1, 0.15) is 19.0 Å². The van der Waals surface area contributed by atoms with Crippen molar-refractivity contribution in [2.75, 3.05) is 20.3 Å². The van der Waals surface area contributed by atoms with Gasteiger partial charge in [-0.25, -0.2) is 9.59 Å². The van der Waals surface area contributed by atoms with Gasteiger partial charge in [-0.1, -0.05) is 35.3 Å². The number of benzene rings is 3. The molecule has 12 nitrogen and oxygen atoms in total. The van der Waals surface area contributed by atoms with Crippen LogP contribution in [0.5, 0.6) is 17.2 Å². The number of nitrogens with zero attached hydrogens (tertiary/aromatic N) is 2. The molecular formula is C37H39Cl2N5O7. The number of methoxy groups -OCH3 is 1.